The van der Waals surface area contributed by atoms with Crippen LogP contribution in [0.2, 0.25) is 0 Å². The minimum atomic E-state index is 0.0683. The average Bonchev–Trinajstić information content (AvgIpc) is 2.96. The second-order valence-corrected chi connectivity index (χ2v) is 6.10. The number of amides is 1. The fourth-order valence-corrected chi connectivity index (χ4v) is 3.27. The van der Waals surface area contributed by atoms with Gasteiger partial charge in [-0.1, -0.05) is 11.8 Å². The average molecular weight is 307 g/mol. The van der Waals surface area contributed by atoms with Crippen LogP contribution in [0.4, 0.5) is 0 Å². The Labute approximate surface area is 129 Å². The first-order valence-corrected chi connectivity index (χ1v) is 8.09. The lowest BCUT2D eigenvalue weighted by atomic mass is 9.98. The lowest BCUT2D eigenvalue weighted by molar-refractivity contribution is 0.0571. The molecule has 1 aliphatic rings. The molecular formula is C16H21NO3S. The first-order chi connectivity index (χ1) is 10.2. The third-order valence-corrected chi connectivity index (χ3v) is 4.35. The van der Waals surface area contributed by atoms with E-state index in [1.54, 1.807) is 7.11 Å². The van der Waals surface area contributed by atoms with Crippen LogP contribution in [0.3, 0.4) is 0 Å². The van der Waals surface area contributed by atoms with Crippen LogP contribution in [0.25, 0.3) is 0 Å². The van der Waals surface area contributed by atoms with Gasteiger partial charge in [0.25, 0.3) is 5.91 Å². The Bertz CT molecular complexity index is 527. The quantitative estimate of drug-likeness (QED) is 0.865. The highest BCUT2D eigenvalue weighted by atomic mass is 32.1. The zero-order valence-electron chi connectivity index (χ0n) is 12.3. The molecule has 0 aromatic carbocycles. The number of carbonyl (C=O) groups is 1. The fraction of sp³-hybridized carbons (Fsp3) is 0.562. The third-order valence-electron chi connectivity index (χ3n) is 3.50. The molecule has 1 N–H and O–H groups in total. The summed E-state index contributed by atoms with van der Waals surface area (Å²) in [5.74, 6) is 6.37. The van der Waals surface area contributed by atoms with Crippen molar-refractivity contribution in [3.05, 3.63) is 21.9 Å². The summed E-state index contributed by atoms with van der Waals surface area (Å²) in [6, 6.07) is 1.84. The molecule has 0 aliphatic carbocycles. The van der Waals surface area contributed by atoms with Crippen LogP contribution in [-0.4, -0.2) is 49.3 Å². The summed E-state index contributed by atoms with van der Waals surface area (Å²) >= 11 is 1.48. The molecule has 2 heterocycles. The number of methoxy groups -OCH3 is 1. The summed E-state index contributed by atoms with van der Waals surface area (Å²) in [5, 5.41) is 10.6. The number of hydrogen-bond donors (Lipinski definition) is 1. The molecule has 1 unspecified atom stereocenters. The largest absolute Gasteiger partial charge is 0.395 e. The highest BCUT2D eigenvalue weighted by Gasteiger charge is 2.24. The van der Waals surface area contributed by atoms with Crippen LogP contribution in [0.5, 0.6) is 0 Å². The van der Waals surface area contributed by atoms with E-state index in [0.717, 1.165) is 30.8 Å². The molecule has 0 spiro atoms. The van der Waals surface area contributed by atoms with Gasteiger partial charge in [-0.05, 0) is 24.8 Å². The maximum atomic E-state index is 12.5. The number of hydrogen-bond acceptors (Lipinski definition) is 4. The predicted molar refractivity (Wildman–Crippen MR) is 83.4 cm³/mol. The molecule has 1 fully saturated rings. The Balaban J connectivity index is 1.98. The van der Waals surface area contributed by atoms with E-state index < -0.39 is 0 Å². The predicted octanol–water partition coefficient (Wildman–Crippen LogP) is 1.98. The van der Waals surface area contributed by atoms with E-state index in [9.17, 15) is 4.79 Å². The van der Waals surface area contributed by atoms with Gasteiger partial charge in [0, 0.05) is 32.0 Å². The first kappa shape index (κ1) is 16.0. The standard InChI is InChI=1S/C16H21NO3S/c1-20-11-13-5-4-7-17(10-13)16(19)14-9-15(21-12-14)6-2-3-8-18/h9,12-13,18H,3-5,7-8,10-11H2,1H3. The van der Waals surface area contributed by atoms with E-state index in [0.29, 0.717) is 24.5 Å². The number of nitrogens with zero attached hydrogens (tertiary/aromatic N) is 1. The van der Waals surface area contributed by atoms with Crippen LogP contribution >= 0.6 is 11.3 Å². The van der Waals surface area contributed by atoms with Gasteiger partial charge in [-0.2, -0.15) is 0 Å². The van der Waals surface area contributed by atoms with E-state index in [1.807, 2.05) is 16.3 Å². The van der Waals surface area contributed by atoms with Crippen molar-refractivity contribution in [3.63, 3.8) is 0 Å². The number of carbonyl (C=O) groups excluding carboxylic acids is 1. The lowest BCUT2D eigenvalue weighted by Gasteiger charge is -2.32. The van der Waals surface area contributed by atoms with E-state index in [2.05, 4.69) is 11.8 Å². The van der Waals surface area contributed by atoms with Crippen molar-refractivity contribution in [2.45, 2.75) is 19.3 Å². The van der Waals surface area contributed by atoms with E-state index >= 15 is 0 Å². The van der Waals surface area contributed by atoms with Crippen LogP contribution < -0.4 is 0 Å². The molecule has 1 saturated heterocycles. The molecule has 2 rings (SSSR count). The smallest absolute Gasteiger partial charge is 0.254 e. The van der Waals surface area contributed by atoms with Gasteiger partial charge < -0.3 is 14.7 Å². The Hall–Kier alpha value is -1.35. The molecule has 0 bridgehead atoms. The normalized spacial score (nSPS) is 18.2. The Kier molecular flexibility index (Phi) is 6.24. The summed E-state index contributed by atoms with van der Waals surface area (Å²) in [5.41, 5.74) is 0.714. The number of rotatable bonds is 4. The molecule has 5 heteroatoms. The lowest BCUT2D eigenvalue weighted by Crippen LogP contribution is -2.41. The number of aliphatic hydroxyl groups is 1. The zero-order valence-corrected chi connectivity index (χ0v) is 13.1. The Morgan fingerprint density at radius 1 is 1.62 bits per heavy atom. The SMILES string of the molecule is COCC1CCCN(C(=O)c2csc(C#CCCO)c2)C1. The minimum absolute atomic E-state index is 0.0683. The number of piperidine rings is 1. The zero-order chi connectivity index (χ0) is 15.1. The van der Waals surface area contributed by atoms with Crippen molar-refractivity contribution in [2.75, 3.05) is 33.4 Å². The summed E-state index contributed by atoms with van der Waals surface area (Å²) in [4.78, 5) is 15.3. The summed E-state index contributed by atoms with van der Waals surface area (Å²) in [7, 11) is 1.71. The molecule has 1 atom stereocenters. The van der Waals surface area contributed by atoms with Gasteiger partial charge in [0.2, 0.25) is 0 Å². The molecule has 1 aromatic rings. The molecule has 0 saturated carbocycles. The van der Waals surface area contributed by atoms with Gasteiger partial charge >= 0.3 is 0 Å². The molecule has 114 valence electrons. The number of aliphatic hydroxyl groups excluding tert-OH is 1. The number of likely N-dealkylation sites (tertiary alicyclic amines) is 1. The summed E-state index contributed by atoms with van der Waals surface area (Å²) in [6.07, 6.45) is 2.62. The van der Waals surface area contributed by atoms with Crippen molar-refractivity contribution in [1.82, 2.24) is 4.90 Å². The molecule has 1 amide bonds. The molecule has 4 nitrogen and oxygen atoms in total. The van der Waals surface area contributed by atoms with Gasteiger partial charge in [-0.15, -0.1) is 11.3 Å². The van der Waals surface area contributed by atoms with Gasteiger partial charge in [0.1, 0.15) is 0 Å². The van der Waals surface area contributed by atoms with Crippen molar-refractivity contribution < 1.29 is 14.6 Å². The maximum Gasteiger partial charge on any atom is 0.254 e. The fourth-order valence-electron chi connectivity index (χ4n) is 2.52. The molecule has 1 aromatic heterocycles. The summed E-state index contributed by atoms with van der Waals surface area (Å²) < 4.78 is 5.20. The van der Waals surface area contributed by atoms with Crippen molar-refractivity contribution in [1.29, 1.82) is 0 Å². The van der Waals surface area contributed by atoms with E-state index in [4.69, 9.17) is 9.84 Å². The maximum absolute atomic E-state index is 12.5. The van der Waals surface area contributed by atoms with Gasteiger partial charge in [0.05, 0.1) is 23.7 Å². The Morgan fingerprint density at radius 2 is 2.48 bits per heavy atom. The van der Waals surface area contributed by atoms with Crippen LogP contribution in [0.1, 0.15) is 34.5 Å². The minimum Gasteiger partial charge on any atom is -0.395 e. The topological polar surface area (TPSA) is 49.8 Å². The van der Waals surface area contributed by atoms with Gasteiger partial charge in [-0.25, -0.2) is 0 Å². The van der Waals surface area contributed by atoms with Gasteiger partial charge in [0.15, 0.2) is 0 Å². The van der Waals surface area contributed by atoms with Crippen molar-refractivity contribution >= 4 is 17.2 Å². The summed E-state index contributed by atoms with van der Waals surface area (Å²) in [6.45, 7) is 2.37. The molecular weight excluding hydrogens is 286 g/mol. The van der Waals surface area contributed by atoms with Crippen LogP contribution in [-0.2, 0) is 4.74 Å². The Morgan fingerprint density at radius 3 is 3.24 bits per heavy atom. The van der Waals surface area contributed by atoms with Crippen molar-refractivity contribution in [2.24, 2.45) is 5.92 Å². The monoisotopic (exact) mass is 307 g/mol. The number of ether oxygens (including phenoxy) is 1. The highest BCUT2D eigenvalue weighted by molar-refractivity contribution is 7.10. The van der Waals surface area contributed by atoms with Crippen molar-refractivity contribution in [3.8, 4) is 11.8 Å². The highest BCUT2D eigenvalue weighted by Crippen LogP contribution is 2.21. The third kappa shape index (κ3) is 4.57. The molecule has 21 heavy (non-hydrogen) atoms. The molecule has 0 radical (unpaired) electrons. The molecule has 1 aliphatic heterocycles. The van der Waals surface area contributed by atoms with E-state index in [-0.39, 0.29) is 12.5 Å². The second-order valence-electron chi connectivity index (χ2n) is 5.19. The van der Waals surface area contributed by atoms with E-state index in [1.165, 1.54) is 11.3 Å². The first-order valence-electron chi connectivity index (χ1n) is 7.21. The van der Waals surface area contributed by atoms with Crippen LogP contribution in [0.15, 0.2) is 11.4 Å². The van der Waals surface area contributed by atoms with Gasteiger partial charge in [-0.3, -0.25) is 4.79 Å². The second kappa shape index (κ2) is 8.18. The number of thiophene rings is 1. The van der Waals surface area contributed by atoms with Crippen LogP contribution in [0, 0.1) is 17.8 Å².